The number of carbonyl (C=O) groups is 2. The van der Waals surface area contributed by atoms with Crippen LogP contribution in [0.25, 0.3) is 5.82 Å². The second kappa shape index (κ2) is 10.8. The third kappa shape index (κ3) is 5.85. The second-order valence-corrected chi connectivity index (χ2v) is 8.00. The van der Waals surface area contributed by atoms with Gasteiger partial charge in [-0.3, -0.25) is 20.4 Å². The van der Waals surface area contributed by atoms with Crippen LogP contribution in [0.5, 0.6) is 5.75 Å². The molecule has 0 bridgehead atoms. The zero-order valence-electron chi connectivity index (χ0n) is 18.3. The van der Waals surface area contributed by atoms with Crippen LogP contribution in [-0.2, 0) is 4.79 Å². The summed E-state index contributed by atoms with van der Waals surface area (Å²) in [5.74, 6) is 0.629. The second-order valence-electron chi connectivity index (χ2n) is 7.56. The van der Waals surface area contributed by atoms with Gasteiger partial charge in [0, 0.05) is 17.6 Å². The Kier molecular flexibility index (Phi) is 7.83. The first kappa shape index (κ1) is 23.3. The number of amides is 2. The van der Waals surface area contributed by atoms with Crippen LogP contribution in [0.1, 0.15) is 54.2 Å². The molecular weight excluding hydrogens is 430 g/mol. The van der Waals surface area contributed by atoms with Crippen molar-refractivity contribution in [1.82, 2.24) is 25.6 Å². The van der Waals surface area contributed by atoms with E-state index in [1.807, 2.05) is 45.0 Å². The molecule has 32 heavy (non-hydrogen) atoms. The topological polar surface area (TPSA) is 98.1 Å². The van der Waals surface area contributed by atoms with Crippen LogP contribution in [0, 0.1) is 6.92 Å². The van der Waals surface area contributed by atoms with E-state index in [-0.39, 0.29) is 18.2 Å². The summed E-state index contributed by atoms with van der Waals surface area (Å²) in [6.07, 6.45) is 3.85. The van der Waals surface area contributed by atoms with Crippen molar-refractivity contribution >= 4 is 23.4 Å². The molecule has 1 aromatic carbocycles. The highest BCUT2D eigenvalue weighted by atomic mass is 35.5. The van der Waals surface area contributed by atoms with E-state index in [1.54, 1.807) is 23.0 Å². The molecule has 9 heteroatoms. The number of pyridine rings is 1. The molecule has 3 aromatic rings. The molecule has 0 fully saturated rings. The molecule has 2 heterocycles. The van der Waals surface area contributed by atoms with Gasteiger partial charge in [0.25, 0.3) is 5.91 Å². The summed E-state index contributed by atoms with van der Waals surface area (Å²) in [7, 11) is 0. The third-order valence-corrected chi connectivity index (χ3v) is 4.96. The van der Waals surface area contributed by atoms with E-state index < -0.39 is 5.91 Å². The lowest BCUT2D eigenvalue weighted by Gasteiger charge is -2.13. The molecule has 2 amide bonds. The standard InChI is InChI=1S/C23H26ClN5O3/c1-15(2)22-18(14-26-29(22)20-7-4-5-11-25-20)23(31)28-27-21(30)8-6-12-32-19-10-9-17(24)13-16(19)3/h4-5,7,9-11,13-15H,6,8,12H2,1-3H3,(H,27,30)(H,28,31). The van der Waals surface area contributed by atoms with Gasteiger partial charge in [-0.2, -0.15) is 5.10 Å². The Hall–Kier alpha value is -3.39. The Morgan fingerprint density at radius 1 is 1.19 bits per heavy atom. The van der Waals surface area contributed by atoms with E-state index in [2.05, 4.69) is 20.9 Å². The monoisotopic (exact) mass is 455 g/mol. The van der Waals surface area contributed by atoms with Gasteiger partial charge in [-0.25, -0.2) is 9.67 Å². The summed E-state index contributed by atoms with van der Waals surface area (Å²) in [6, 6.07) is 10.9. The minimum Gasteiger partial charge on any atom is -0.493 e. The van der Waals surface area contributed by atoms with E-state index in [0.29, 0.717) is 35.1 Å². The van der Waals surface area contributed by atoms with Gasteiger partial charge >= 0.3 is 0 Å². The molecule has 0 aliphatic rings. The lowest BCUT2D eigenvalue weighted by Crippen LogP contribution is -2.42. The minimum atomic E-state index is -0.433. The molecule has 0 saturated carbocycles. The first-order valence-electron chi connectivity index (χ1n) is 10.3. The normalized spacial score (nSPS) is 10.8. The van der Waals surface area contributed by atoms with Crippen LogP contribution in [0.4, 0.5) is 0 Å². The number of hydrogen-bond donors (Lipinski definition) is 2. The van der Waals surface area contributed by atoms with Crippen LogP contribution >= 0.6 is 11.6 Å². The molecule has 0 spiro atoms. The van der Waals surface area contributed by atoms with Gasteiger partial charge in [-0.05, 0) is 55.2 Å². The first-order chi connectivity index (χ1) is 15.4. The average Bonchev–Trinajstić information content (AvgIpc) is 3.22. The smallest absolute Gasteiger partial charge is 0.273 e. The molecule has 0 atom stereocenters. The van der Waals surface area contributed by atoms with Crippen molar-refractivity contribution in [1.29, 1.82) is 0 Å². The highest BCUT2D eigenvalue weighted by Crippen LogP contribution is 2.23. The molecule has 0 unspecified atom stereocenters. The Morgan fingerprint density at radius 3 is 2.69 bits per heavy atom. The largest absolute Gasteiger partial charge is 0.493 e. The van der Waals surface area contributed by atoms with Crippen LogP contribution < -0.4 is 15.6 Å². The van der Waals surface area contributed by atoms with E-state index in [0.717, 1.165) is 11.3 Å². The van der Waals surface area contributed by atoms with E-state index in [4.69, 9.17) is 16.3 Å². The Balaban J connectivity index is 1.51. The molecule has 168 valence electrons. The summed E-state index contributed by atoms with van der Waals surface area (Å²) in [6.45, 7) is 6.21. The van der Waals surface area contributed by atoms with Crippen LogP contribution in [0.15, 0.2) is 48.8 Å². The summed E-state index contributed by atoms with van der Waals surface area (Å²) in [4.78, 5) is 29.1. The molecule has 0 radical (unpaired) electrons. The van der Waals surface area contributed by atoms with Gasteiger partial charge in [-0.1, -0.05) is 31.5 Å². The molecule has 0 saturated heterocycles. The van der Waals surface area contributed by atoms with Crippen molar-refractivity contribution in [3.05, 3.63) is 70.6 Å². The Labute approximate surface area is 191 Å². The molecule has 3 rings (SSSR count). The van der Waals surface area contributed by atoms with E-state index in [1.165, 1.54) is 6.20 Å². The molecular formula is C23H26ClN5O3. The highest BCUT2D eigenvalue weighted by molar-refractivity contribution is 6.30. The van der Waals surface area contributed by atoms with Gasteiger partial charge in [0.15, 0.2) is 5.82 Å². The number of hydrogen-bond acceptors (Lipinski definition) is 5. The van der Waals surface area contributed by atoms with Crippen LogP contribution in [0.3, 0.4) is 0 Å². The Bertz CT molecular complexity index is 1080. The van der Waals surface area contributed by atoms with Gasteiger partial charge < -0.3 is 4.74 Å². The van der Waals surface area contributed by atoms with Crippen molar-refractivity contribution in [2.24, 2.45) is 0 Å². The number of benzene rings is 1. The summed E-state index contributed by atoms with van der Waals surface area (Å²) < 4.78 is 7.32. The molecule has 0 aliphatic carbocycles. The number of aromatic nitrogens is 3. The average molecular weight is 456 g/mol. The number of halogens is 1. The number of rotatable bonds is 8. The number of carbonyl (C=O) groups excluding carboxylic acids is 2. The fourth-order valence-electron chi connectivity index (χ4n) is 3.20. The maximum absolute atomic E-state index is 12.7. The van der Waals surface area contributed by atoms with Gasteiger partial charge in [0.2, 0.25) is 5.91 Å². The zero-order chi connectivity index (χ0) is 23.1. The van der Waals surface area contributed by atoms with E-state index in [9.17, 15) is 9.59 Å². The fraction of sp³-hybridized carbons (Fsp3) is 0.304. The zero-order valence-corrected chi connectivity index (χ0v) is 19.0. The molecule has 0 aliphatic heterocycles. The quantitative estimate of drug-likeness (QED) is 0.395. The lowest BCUT2D eigenvalue weighted by molar-refractivity contribution is -0.122. The van der Waals surface area contributed by atoms with Crippen molar-refractivity contribution in [2.75, 3.05) is 6.61 Å². The number of aryl methyl sites for hydroxylation is 1. The summed E-state index contributed by atoms with van der Waals surface area (Å²) in [5.41, 5.74) is 6.94. The molecule has 2 N–H and O–H groups in total. The minimum absolute atomic E-state index is 0.0180. The third-order valence-electron chi connectivity index (χ3n) is 4.72. The lowest BCUT2D eigenvalue weighted by atomic mass is 10.1. The number of nitrogens with zero attached hydrogens (tertiary/aromatic N) is 3. The molecule has 2 aromatic heterocycles. The molecule has 8 nitrogen and oxygen atoms in total. The van der Waals surface area contributed by atoms with Crippen molar-refractivity contribution in [3.63, 3.8) is 0 Å². The Morgan fingerprint density at radius 2 is 2.00 bits per heavy atom. The van der Waals surface area contributed by atoms with Gasteiger partial charge in [0.05, 0.1) is 24.1 Å². The predicted molar refractivity (Wildman–Crippen MR) is 122 cm³/mol. The van der Waals surface area contributed by atoms with Crippen LogP contribution in [-0.4, -0.2) is 33.2 Å². The van der Waals surface area contributed by atoms with Crippen LogP contribution in [0.2, 0.25) is 5.02 Å². The maximum atomic E-state index is 12.7. The highest BCUT2D eigenvalue weighted by Gasteiger charge is 2.21. The van der Waals surface area contributed by atoms with Gasteiger partial charge in [0.1, 0.15) is 5.75 Å². The number of hydrazine groups is 1. The fourth-order valence-corrected chi connectivity index (χ4v) is 3.42. The summed E-state index contributed by atoms with van der Waals surface area (Å²) in [5, 5.41) is 4.96. The maximum Gasteiger partial charge on any atom is 0.273 e. The number of ether oxygens (including phenoxy) is 1. The van der Waals surface area contributed by atoms with Crippen molar-refractivity contribution in [2.45, 2.75) is 39.5 Å². The summed E-state index contributed by atoms with van der Waals surface area (Å²) >= 11 is 5.93. The van der Waals surface area contributed by atoms with Crippen molar-refractivity contribution < 1.29 is 14.3 Å². The van der Waals surface area contributed by atoms with E-state index >= 15 is 0 Å². The first-order valence-corrected chi connectivity index (χ1v) is 10.7. The van der Waals surface area contributed by atoms with Gasteiger partial charge in [-0.15, -0.1) is 0 Å². The van der Waals surface area contributed by atoms with Crippen molar-refractivity contribution in [3.8, 4) is 11.6 Å². The predicted octanol–water partition coefficient (Wildman–Crippen LogP) is 3.97. The number of nitrogens with one attached hydrogen (secondary N) is 2. The SMILES string of the molecule is Cc1cc(Cl)ccc1OCCCC(=O)NNC(=O)c1cnn(-c2ccccn2)c1C(C)C.